The van der Waals surface area contributed by atoms with Crippen LogP contribution in [0.15, 0.2) is 53.4 Å². The molecule has 28 heavy (non-hydrogen) atoms. The fourth-order valence-electron chi connectivity index (χ4n) is 2.84. The number of amides is 1. The number of nitro benzene ring substituents is 1. The van der Waals surface area contributed by atoms with Gasteiger partial charge in [0.15, 0.2) is 0 Å². The molecule has 0 aromatic heterocycles. The highest BCUT2D eigenvalue weighted by Gasteiger charge is 2.22. The highest BCUT2D eigenvalue weighted by molar-refractivity contribution is 7.99. The lowest BCUT2D eigenvalue weighted by Crippen LogP contribution is -2.37. The van der Waals surface area contributed by atoms with Gasteiger partial charge in [-0.05, 0) is 42.5 Å². The van der Waals surface area contributed by atoms with E-state index in [1.807, 2.05) is 11.8 Å². The van der Waals surface area contributed by atoms with Crippen molar-refractivity contribution < 1.29 is 18.1 Å². The molecular formula is C18H19N3O5S2. The van der Waals surface area contributed by atoms with Gasteiger partial charge in [-0.2, -0.15) is 11.8 Å². The number of nitro groups is 1. The smallest absolute Gasteiger partial charge is 0.270 e. The maximum atomic E-state index is 12.7. The van der Waals surface area contributed by atoms with Crippen molar-refractivity contribution in [2.24, 2.45) is 0 Å². The quantitative estimate of drug-likeness (QED) is 0.547. The second-order valence-corrected chi connectivity index (χ2v) is 9.17. The summed E-state index contributed by atoms with van der Waals surface area (Å²) in [5, 5.41) is 13.9. The minimum atomic E-state index is -4.10. The molecule has 0 atom stereocenters. The molecule has 8 nitrogen and oxygen atoms in total. The topological polar surface area (TPSA) is 118 Å². The number of carbonyl (C=O) groups excluding carboxylic acids is 1. The van der Waals surface area contributed by atoms with Crippen LogP contribution in [0.25, 0.3) is 0 Å². The van der Waals surface area contributed by atoms with Gasteiger partial charge in [-0.25, -0.2) is 8.42 Å². The molecule has 1 aliphatic rings. The number of rotatable bonds is 6. The van der Waals surface area contributed by atoms with E-state index in [-0.39, 0.29) is 33.8 Å². The molecule has 1 heterocycles. The van der Waals surface area contributed by atoms with Gasteiger partial charge in [0.05, 0.1) is 21.1 Å². The zero-order valence-corrected chi connectivity index (χ0v) is 16.5. The molecule has 10 heteroatoms. The largest absolute Gasteiger partial charge is 0.349 e. The van der Waals surface area contributed by atoms with Crippen LogP contribution in [0, 0.1) is 10.1 Å². The highest BCUT2D eigenvalue weighted by atomic mass is 32.2. The lowest BCUT2D eigenvalue weighted by Gasteiger charge is -2.23. The van der Waals surface area contributed by atoms with E-state index in [0.29, 0.717) is 0 Å². The number of benzene rings is 2. The van der Waals surface area contributed by atoms with Gasteiger partial charge in [-0.15, -0.1) is 0 Å². The van der Waals surface area contributed by atoms with Gasteiger partial charge in [0, 0.05) is 18.2 Å². The maximum Gasteiger partial charge on any atom is 0.270 e. The van der Waals surface area contributed by atoms with E-state index in [9.17, 15) is 23.3 Å². The van der Waals surface area contributed by atoms with Crippen LogP contribution in [0.4, 0.5) is 11.4 Å². The average Bonchev–Trinajstić information content (AvgIpc) is 2.69. The first-order valence-corrected chi connectivity index (χ1v) is 11.3. The Kier molecular flexibility index (Phi) is 6.20. The van der Waals surface area contributed by atoms with E-state index in [0.717, 1.165) is 30.4 Å². The molecule has 0 saturated carbocycles. The molecule has 2 aromatic carbocycles. The molecule has 2 aromatic rings. The minimum absolute atomic E-state index is 0.0650. The van der Waals surface area contributed by atoms with Crippen molar-refractivity contribution in [1.82, 2.24) is 5.32 Å². The van der Waals surface area contributed by atoms with Gasteiger partial charge < -0.3 is 5.32 Å². The van der Waals surface area contributed by atoms with Gasteiger partial charge >= 0.3 is 0 Å². The Morgan fingerprint density at radius 1 is 1.11 bits per heavy atom. The van der Waals surface area contributed by atoms with Gasteiger partial charge in [0.1, 0.15) is 0 Å². The predicted octanol–water partition coefficient (Wildman–Crippen LogP) is 3.02. The number of non-ortho nitro benzene ring substituents is 1. The van der Waals surface area contributed by atoms with E-state index < -0.39 is 14.9 Å². The third kappa shape index (κ3) is 4.82. The third-order valence-electron chi connectivity index (χ3n) is 4.31. The van der Waals surface area contributed by atoms with E-state index in [1.54, 1.807) is 12.1 Å². The van der Waals surface area contributed by atoms with Crippen molar-refractivity contribution >= 4 is 39.1 Å². The first-order chi connectivity index (χ1) is 13.4. The zero-order chi connectivity index (χ0) is 20.1. The van der Waals surface area contributed by atoms with Gasteiger partial charge in [-0.1, -0.05) is 18.2 Å². The number of nitrogens with zero attached hydrogens (tertiary/aromatic N) is 1. The Morgan fingerprint density at radius 3 is 2.54 bits per heavy atom. The number of hydrogen-bond acceptors (Lipinski definition) is 6. The van der Waals surface area contributed by atoms with Crippen molar-refractivity contribution in [2.45, 2.75) is 23.8 Å². The molecule has 1 saturated heterocycles. The Balaban J connectivity index is 1.83. The molecule has 1 amide bonds. The van der Waals surface area contributed by atoms with E-state index >= 15 is 0 Å². The van der Waals surface area contributed by atoms with Crippen LogP contribution < -0.4 is 10.0 Å². The second-order valence-electron chi connectivity index (χ2n) is 6.27. The molecule has 0 aliphatic carbocycles. The summed E-state index contributed by atoms with van der Waals surface area (Å²) in [7, 11) is -4.10. The number of sulfonamides is 1. The molecule has 2 N–H and O–H groups in total. The Morgan fingerprint density at radius 2 is 1.82 bits per heavy atom. The lowest BCUT2D eigenvalue weighted by molar-refractivity contribution is -0.385. The average molecular weight is 422 g/mol. The monoisotopic (exact) mass is 421 g/mol. The second kappa shape index (κ2) is 8.61. The summed E-state index contributed by atoms with van der Waals surface area (Å²) in [6.45, 7) is 0. The normalized spacial score (nSPS) is 15.0. The molecule has 0 bridgehead atoms. The SMILES string of the molecule is O=C(NC1CCSCC1)c1ccccc1NS(=O)(=O)c1cccc([N+](=O)[O-])c1. The van der Waals surface area contributed by atoms with Crippen LogP contribution in [0.5, 0.6) is 0 Å². The molecule has 1 aliphatic heterocycles. The van der Waals surface area contributed by atoms with Gasteiger partial charge in [0.2, 0.25) is 0 Å². The summed E-state index contributed by atoms with van der Waals surface area (Å²) in [6.07, 6.45) is 1.75. The van der Waals surface area contributed by atoms with Crippen molar-refractivity contribution in [1.29, 1.82) is 0 Å². The minimum Gasteiger partial charge on any atom is -0.349 e. The van der Waals surface area contributed by atoms with Crippen LogP contribution in [-0.2, 0) is 10.0 Å². The molecule has 1 fully saturated rings. The van der Waals surface area contributed by atoms with Gasteiger partial charge in [0.25, 0.3) is 21.6 Å². The zero-order valence-electron chi connectivity index (χ0n) is 14.8. The molecule has 0 unspecified atom stereocenters. The van der Waals surface area contributed by atoms with Crippen LogP contribution in [0.3, 0.4) is 0 Å². The van der Waals surface area contributed by atoms with Crippen LogP contribution >= 0.6 is 11.8 Å². The number of para-hydroxylation sites is 1. The van der Waals surface area contributed by atoms with Crippen LogP contribution in [0.2, 0.25) is 0 Å². The number of thioether (sulfide) groups is 1. The van der Waals surface area contributed by atoms with Crippen LogP contribution in [-0.4, -0.2) is 36.8 Å². The lowest BCUT2D eigenvalue weighted by atomic mass is 10.1. The Bertz CT molecular complexity index is 988. The fraction of sp³-hybridized carbons (Fsp3) is 0.278. The highest BCUT2D eigenvalue weighted by Crippen LogP contribution is 2.24. The summed E-state index contributed by atoms with van der Waals surface area (Å²) in [5.74, 6) is 1.60. The van der Waals surface area contributed by atoms with Crippen LogP contribution in [0.1, 0.15) is 23.2 Å². The molecule has 0 radical (unpaired) electrons. The summed E-state index contributed by atoms with van der Waals surface area (Å²) in [4.78, 5) is 22.7. The molecular weight excluding hydrogens is 402 g/mol. The fourth-order valence-corrected chi connectivity index (χ4v) is 5.07. The van der Waals surface area contributed by atoms with Crippen molar-refractivity contribution in [3.05, 3.63) is 64.2 Å². The first kappa shape index (κ1) is 20.2. The molecule has 0 spiro atoms. The van der Waals surface area contributed by atoms with E-state index in [1.165, 1.54) is 30.3 Å². The molecule has 3 rings (SSSR count). The number of anilines is 1. The summed E-state index contributed by atoms with van der Waals surface area (Å²) >= 11 is 1.84. The third-order valence-corrected chi connectivity index (χ3v) is 6.72. The van der Waals surface area contributed by atoms with Crippen molar-refractivity contribution in [2.75, 3.05) is 16.2 Å². The standard InChI is InChI=1S/C18H19N3O5S2/c22-18(19-13-8-10-27-11-9-13)16-6-1-2-7-17(16)20-28(25,26)15-5-3-4-14(12-15)21(23)24/h1-7,12-13,20H,8-11H2,(H,19,22). The van der Waals surface area contributed by atoms with Crippen molar-refractivity contribution in [3.63, 3.8) is 0 Å². The van der Waals surface area contributed by atoms with Crippen molar-refractivity contribution in [3.8, 4) is 0 Å². The summed E-state index contributed by atoms with van der Waals surface area (Å²) in [6, 6.07) is 11.1. The summed E-state index contributed by atoms with van der Waals surface area (Å²) in [5.41, 5.74) is -0.00417. The maximum absolute atomic E-state index is 12.7. The number of carbonyl (C=O) groups is 1. The summed E-state index contributed by atoms with van der Waals surface area (Å²) < 4.78 is 27.7. The first-order valence-electron chi connectivity index (χ1n) is 8.62. The van der Waals surface area contributed by atoms with E-state index in [2.05, 4.69) is 10.0 Å². The Labute approximate surface area is 166 Å². The number of nitrogens with one attached hydrogen (secondary N) is 2. The molecule has 148 valence electrons. The number of hydrogen-bond donors (Lipinski definition) is 2. The van der Waals surface area contributed by atoms with Gasteiger partial charge in [-0.3, -0.25) is 19.6 Å². The predicted molar refractivity (Wildman–Crippen MR) is 108 cm³/mol. The Hall–Kier alpha value is -2.59. The van der Waals surface area contributed by atoms with E-state index in [4.69, 9.17) is 0 Å².